The lowest BCUT2D eigenvalue weighted by atomic mass is 9.98. The zero-order chi connectivity index (χ0) is 13.1. The summed E-state index contributed by atoms with van der Waals surface area (Å²) in [4.78, 5) is 0. The van der Waals surface area contributed by atoms with Gasteiger partial charge in [0.2, 0.25) is 0 Å². The fraction of sp³-hybridized carbons (Fsp3) is 0.538. The van der Waals surface area contributed by atoms with Crippen LogP contribution in [0.25, 0.3) is 0 Å². The van der Waals surface area contributed by atoms with E-state index in [1.807, 2.05) is 0 Å². The van der Waals surface area contributed by atoms with Gasteiger partial charge in [0.1, 0.15) is 0 Å². The first-order valence-electron chi connectivity index (χ1n) is 5.97. The van der Waals surface area contributed by atoms with Gasteiger partial charge in [-0.2, -0.15) is 0 Å². The fourth-order valence-electron chi connectivity index (χ4n) is 2.32. The maximum Gasteiger partial charge on any atom is 0.179 e. The summed E-state index contributed by atoms with van der Waals surface area (Å²) in [5.41, 5.74) is 0.949. The molecule has 1 heterocycles. The molecular formula is C13H17Cl2NO2. The van der Waals surface area contributed by atoms with Crippen LogP contribution in [0, 0.1) is 5.92 Å². The second-order valence-electron chi connectivity index (χ2n) is 4.45. The summed E-state index contributed by atoms with van der Waals surface area (Å²) in [5, 5.41) is 4.55. The molecule has 0 saturated carbocycles. The van der Waals surface area contributed by atoms with Crippen molar-refractivity contribution in [1.29, 1.82) is 0 Å². The van der Waals surface area contributed by atoms with Crippen LogP contribution >= 0.6 is 23.2 Å². The summed E-state index contributed by atoms with van der Waals surface area (Å²) < 4.78 is 10.5. The van der Waals surface area contributed by atoms with Crippen molar-refractivity contribution in [1.82, 2.24) is 5.32 Å². The largest absolute Gasteiger partial charge is 0.493 e. The lowest BCUT2D eigenvalue weighted by Crippen LogP contribution is -2.11. The molecule has 18 heavy (non-hydrogen) atoms. The van der Waals surface area contributed by atoms with Crippen LogP contribution in [-0.2, 0) is 6.42 Å². The van der Waals surface area contributed by atoms with Crippen molar-refractivity contribution in [3.8, 4) is 11.5 Å². The minimum atomic E-state index is 0.560. The summed E-state index contributed by atoms with van der Waals surface area (Å²) >= 11 is 12.6. The molecule has 1 aliphatic heterocycles. The third kappa shape index (κ3) is 2.68. The van der Waals surface area contributed by atoms with Gasteiger partial charge >= 0.3 is 0 Å². The van der Waals surface area contributed by atoms with Crippen LogP contribution in [0.5, 0.6) is 11.5 Å². The van der Waals surface area contributed by atoms with E-state index in [0.29, 0.717) is 27.5 Å². The molecule has 0 aromatic heterocycles. The van der Waals surface area contributed by atoms with Crippen LogP contribution in [0.1, 0.15) is 12.0 Å². The lowest BCUT2D eigenvalue weighted by molar-refractivity contribution is 0.354. The normalized spacial score (nSPS) is 19.0. The van der Waals surface area contributed by atoms with Crippen LogP contribution in [0.2, 0.25) is 10.0 Å². The van der Waals surface area contributed by atoms with Crippen molar-refractivity contribution in [2.45, 2.75) is 12.8 Å². The minimum absolute atomic E-state index is 0.560. The van der Waals surface area contributed by atoms with Gasteiger partial charge in [-0.3, -0.25) is 0 Å². The average Bonchev–Trinajstić information content (AvgIpc) is 2.86. The number of methoxy groups -OCH3 is 2. The van der Waals surface area contributed by atoms with Crippen LogP contribution in [0.3, 0.4) is 0 Å². The van der Waals surface area contributed by atoms with Crippen LogP contribution in [-0.4, -0.2) is 27.3 Å². The second-order valence-corrected chi connectivity index (χ2v) is 5.23. The van der Waals surface area contributed by atoms with Gasteiger partial charge in [0.25, 0.3) is 0 Å². The topological polar surface area (TPSA) is 30.5 Å². The van der Waals surface area contributed by atoms with Gasteiger partial charge in [-0.05, 0) is 37.4 Å². The van der Waals surface area contributed by atoms with Gasteiger partial charge in [0, 0.05) is 11.1 Å². The van der Waals surface area contributed by atoms with E-state index < -0.39 is 0 Å². The van der Waals surface area contributed by atoms with Crippen molar-refractivity contribution in [2.24, 2.45) is 5.92 Å². The molecule has 0 radical (unpaired) electrons. The van der Waals surface area contributed by atoms with E-state index in [4.69, 9.17) is 32.7 Å². The SMILES string of the molecule is COc1cc(Cl)c(CC2CCNC2)c(Cl)c1OC. The molecule has 0 aliphatic carbocycles. The Morgan fingerprint density at radius 2 is 2.11 bits per heavy atom. The number of nitrogens with one attached hydrogen (secondary N) is 1. The molecule has 5 heteroatoms. The van der Waals surface area contributed by atoms with Gasteiger partial charge in [-0.25, -0.2) is 0 Å². The highest BCUT2D eigenvalue weighted by Gasteiger charge is 2.22. The zero-order valence-electron chi connectivity index (χ0n) is 10.6. The monoisotopic (exact) mass is 289 g/mol. The lowest BCUT2D eigenvalue weighted by Gasteiger charge is -2.16. The van der Waals surface area contributed by atoms with E-state index in [0.717, 1.165) is 31.5 Å². The van der Waals surface area contributed by atoms with E-state index in [9.17, 15) is 0 Å². The third-order valence-electron chi connectivity index (χ3n) is 3.31. The number of hydrogen-bond donors (Lipinski definition) is 1. The predicted octanol–water partition coefficient (Wildman–Crippen LogP) is 3.16. The Morgan fingerprint density at radius 1 is 1.33 bits per heavy atom. The highest BCUT2D eigenvalue weighted by Crippen LogP contribution is 2.42. The molecule has 1 aliphatic rings. The first-order valence-corrected chi connectivity index (χ1v) is 6.72. The van der Waals surface area contributed by atoms with Crippen molar-refractivity contribution < 1.29 is 9.47 Å². The van der Waals surface area contributed by atoms with Crippen LogP contribution < -0.4 is 14.8 Å². The molecular weight excluding hydrogens is 273 g/mol. The smallest absolute Gasteiger partial charge is 0.179 e. The standard InChI is InChI=1S/C13H17Cl2NO2/c1-17-11-6-10(14)9(12(15)13(11)18-2)5-8-3-4-16-7-8/h6,8,16H,3-5,7H2,1-2H3. The van der Waals surface area contributed by atoms with Crippen molar-refractivity contribution >= 4 is 23.2 Å². The molecule has 100 valence electrons. The molecule has 1 unspecified atom stereocenters. The number of ether oxygens (including phenoxy) is 2. The molecule has 1 atom stereocenters. The summed E-state index contributed by atoms with van der Waals surface area (Å²) in [7, 11) is 3.16. The van der Waals surface area contributed by atoms with Crippen molar-refractivity contribution in [3.63, 3.8) is 0 Å². The number of halogens is 2. The first kappa shape index (κ1) is 13.8. The molecule has 0 spiro atoms. The van der Waals surface area contributed by atoms with Gasteiger partial charge in [-0.15, -0.1) is 0 Å². The van der Waals surface area contributed by atoms with Crippen LogP contribution in [0.4, 0.5) is 0 Å². The third-order valence-corrected chi connectivity index (χ3v) is 4.05. The number of hydrogen-bond acceptors (Lipinski definition) is 3. The Kier molecular flexibility index (Phi) is 4.60. The van der Waals surface area contributed by atoms with E-state index in [1.165, 1.54) is 0 Å². The number of rotatable bonds is 4. The van der Waals surface area contributed by atoms with Crippen molar-refractivity contribution in [3.05, 3.63) is 21.7 Å². The molecule has 1 aromatic carbocycles. The summed E-state index contributed by atoms with van der Waals surface area (Å²) in [6.07, 6.45) is 2.02. The second kappa shape index (κ2) is 6.00. The van der Waals surface area contributed by atoms with Crippen molar-refractivity contribution in [2.75, 3.05) is 27.3 Å². The van der Waals surface area contributed by atoms with E-state index >= 15 is 0 Å². The average molecular weight is 290 g/mol. The Bertz CT molecular complexity index is 431. The van der Waals surface area contributed by atoms with E-state index in [2.05, 4.69) is 5.32 Å². The van der Waals surface area contributed by atoms with Gasteiger partial charge in [-0.1, -0.05) is 23.2 Å². The molecule has 3 nitrogen and oxygen atoms in total. The maximum atomic E-state index is 6.37. The molecule has 1 aromatic rings. The van der Waals surface area contributed by atoms with E-state index in [-0.39, 0.29) is 0 Å². The molecule has 2 rings (SSSR count). The Balaban J connectivity index is 2.33. The highest BCUT2D eigenvalue weighted by molar-refractivity contribution is 6.37. The fourth-order valence-corrected chi connectivity index (χ4v) is 2.99. The molecule has 0 bridgehead atoms. The Morgan fingerprint density at radius 3 is 2.67 bits per heavy atom. The molecule has 0 amide bonds. The maximum absolute atomic E-state index is 6.37. The van der Waals surface area contributed by atoms with Gasteiger partial charge < -0.3 is 14.8 Å². The number of benzene rings is 1. The summed E-state index contributed by atoms with van der Waals surface area (Å²) in [6.45, 7) is 2.08. The molecule has 1 N–H and O–H groups in total. The Hall–Kier alpha value is -0.640. The Labute approximate surface area is 117 Å². The van der Waals surface area contributed by atoms with Gasteiger partial charge in [0.15, 0.2) is 11.5 Å². The summed E-state index contributed by atoms with van der Waals surface area (Å²) in [6, 6.07) is 1.77. The zero-order valence-corrected chi connectivity index (χ0v) is 12.1. The minimum Gasteiger partial charge on any atom is -0.493 e. The predicted molar refractivity (Wildman–Crippen MR) is 74.2 cm³/mol. The summed E-state index contributed by atoms with van der Waals surface area (Å²) in [5.74, 6) is 1.71. The highest BCUT2D eigenvalue weighted by atomic mass is 35.5. The molecule has 1 fully saturated rings. The quantitative estimate of drug-likeness (QED) is 0.924. The first-order chi connectivity index (χ1) is 8.67. The molecule has 1 saturated heterocycles. The van der Waals surface area contributed by atoms with E-state index in [1.54, 1.807) is 20.3 Å². The van der Waals surface area contributed by atoms with Crippen LogP contribution in [0.15, 0.2) is 6.07 Å². The van der Waals surface area contributed by atoms with Gasteiger partial charge in [0.05, 0.1) is 19.2 Å².